The average molecular weight is 212 g/mol. The van der Waals surface area contributed by atoms with Crippen molar-refractivity contribution in [2.24, 2.45) is 0 Å². The molecule has 1 unspecified atom stereocenters. The van der Waals surface area contributed by atoms with Crippen LogP contribution in [0.2, 0.25) is 0 Å². The molecule has 0 saturated carbocycles. The molecular weight excluding hydrogens is 198 g/mol. The molecule has 1 saturated heterocycles. The van der Waals surface area contributed by atoms with E-state index >= 15 is 0 Å². The summed E-state index contributed by atoms with van der Waals surface area (Å²) in [5.41, 5.74) is 1.05. The predicted molar refractivity (Wildman–Crippen MR) is 58.7 cm³/mol. The van der Waals surface area contributed by atoms with Crippen molar-refractivity contribution in [3.8, 4) is 0 Å². The molecule has 0 radical (unpaired) electrons. The van der Waals surface area contributed by atoms with Gasteiger partial charge in [-0.15, -0.1) is 12.4 Å². The maximum absolute atomic E-state index is 11.2. The third-order valence-corrected chi connectivity index (χ3v) is 2.64. The summed E-state index contributed by atoms with van der Waals surface area (Å²) in [6.45, 7) is 2.58. The van der Waals surface area contributed by atoms with Gasteiger partial charge in [0.05, 0.1) is 6.54 Å². The van der Waals surface area contributed by atoms with Crippen LogP contribution in [0.5, 0.6) is 0 Å². The number of ketones is 1. The van der Waals surface area contributed by atoms with Crippen LogP contribution in [0, 0.1) is 0 Å². The van der Waals surface area contributed by atoms with Crippen molar-refractivity contribution in [1.29, 1.82) is 0 Å². The zero-order valence-corrected chi connectivity index (χ0v) is 8.93. The van der Waals surface area contributed by atoms with Gasteiger partial charge in [0.1, 0.15) is 5.78 Å². The van der Waals surface area contributed by atoms with Crippen LogP contribution in [0.3, 0.4) is 0 Å². The first kappa shape index (κ1) is 11.2. The molecule has 1 atom stereocenters. The summed E-state index contributed by atoms with van der Waals surface area (Å²) >= 11 is 0. The van der Waals surface area contributed by atoms with E-state index in [0.29, 0.717) is 18.7 Å². The van der Waals surface area contributed by atoms with Gasteiger partial charge in [0.25, 0.3) is 0 Å². The molecule has 76 valence electrons. The summed E-state index contributed by atoms with van der Waals surface area (Å²) in [6, 6.07) is 10.1. The van der Waals surface area contributed by atoms with Crippen LogP contribution in [0.15, 0.2) is 30.3 Å². The number of nitrogens with one attached hydrogen (secondary N) is 1. The molecule has 0 bridgehead atoms. The fourth-order valence-electron chi connectivity index (χ4n) is 1.82. The number of Topliss-reactive ketones (excluding diaryl/α,β-unsaturated/α-hetero) is 1. The van der Waals surface area contributed by atoms with E-state index in [1.54, 1.807) is 0 Å². The van der Waals surface area contributed by atoms with E-state index in [0.717, 1.165) is 0 Å². The highest BCUT2D eigenvalue weighted by atomic mass is 35.5. The molecular formula is C11H14ClNO. The molecule has 1 N–H and O–H groups in total. The zero-order chi connectivity index (χ0) is 9.31. The maximum atomic E-state index is 11.2. The highest BCUT2D eigenvalue weighted by molar-refractivity contribution is 5.85. The van der Waals surface area contributed by atoms with Crippen LogP contribution in [0.4, 0.5) is 0 Å². The van der Waals surface area contributed by atoms with Crippen LogP contribution >= 0.6 is 12.4 Å². The Morgan fingerprint density at radius 2 is 1.93 bits per heavy atom. The van der Waals surface area contributed by atoms with E-state index in [2.05, 4.69) is 24.4 Å². The lowest BCUT2D eigenvalue weighted by Gasteiger charge is -2.23. The number of carbonyl (C=O) groups is 1. The monoisotopic (exact) mass is 211 g/mol. The first-order chi connectivity index (χ1) is 6.21. The Hall–Kier alpha value is -0.860. The molecule has 1 fully saturated rings. The largest absolute Gasteiger partial charge is 0.300 e. The van der Waals surface area contributed by atoms with Gasteiger partial charge in [0, 0.05) is 12.0 Å². The van der Waals surface area contributed by atoms with E-state index in [4.69, 9.17) is 0 Å². The van der Waals surface area contributed by atoms with Gasteiger partial charge in [-0.1, -0.05) is 30.3 Å². The molecule has 0 amide bonds. The molecule has 1 aliphatic rings. The van der Waals surface area contributed by atoms with Crippen molar-refractivity contribution in [2.45, 2.75) is 18.9 Å². The fraction of sp³-hybridized carbons (Fsp3) is 0.364. The van der Waals surface area contributed by atoms with E-state index in [-0.39, 0.29) is 17.9 Å². The van der Waals surface area contributed by atoms with Crippen LogP contribution < -0.4 is 5.32 Å². The van der Waals surface area contributed by atoms with Gasteiger partial charge >= 0.3 is 0 Å². The molecule has 14 heavy (non-hydrogen) atoms. The normalized spacial score (nSPS) is 25.9. The fourth-order valence-corrected chi connectivity index (χ4v) is 1.82. The summed E-state index contributed by atoms with van der Waals surface area (Å²) in [7, 11) is 0. The van der Waals surface area contributed by atoms with Crippen molar-refractivity contribution in [3.05, 3.63) is 35.9 Å². The van der Waals surface area contributed by atoms with Gasteiger partial charge in [0.2, 0.25) is 0 Å². The Bertz CT molecular complexity index is 325. The number of hydrogen-bond donors (Lipinski definition) is 1. The minimum Gasteiger partial charge on any atom is -0.300 e. The van der Waals surface area contributed by atoms with E-state index in [1.165, 1.54) is 5.56 Å². The summed E-state index contributed by atoms with van der Waals surface area (Å²) in [5.74, 6) is 0.298. The topological polar surface area (TPSA) is 29.1 Å². The Labute approximate surface area is 90.1 Å². The second kappa shape index (κ2) is 4.11. The molecule has 2 rings (SSSR count). The Kier molecular flexibility index (Phi) is 3.29. The van der Waals surface area contributed by atoms with Gasteiger partial charge in [-0.05, 0) is 12.5 Å². The standard InChI is InChI=1S/C11H13NO.ClH/c1-11(7-10(13)8-12-11)9-5-3-2-4-6-9;/h2-6,12H,7-8H2,1H3;1H. The smallest absolute Gasteiger partial charge is 0.148 e. The van der Waals surface area contributed by atoms with E-state index in [9.17, 15) is 4.79 Å². The van der Waals surface area contributed by atoms with Gasteiger partial charge < -0.3 is 5.32 Å². The molecule has 0 aromatic heterocycles. The third kappa shape index (κ3) is 1.97. The zero-order valence-electron chi connectivity index (χ0n) is 8.12. The minimum atomic E-state index is -0.141. The molecule has 0 aliphatic carbocycles. The van der Waals surface area contributed by atoms with Crippen LogP contribution in [-0.2, 0) is 10.3 Å². The molecule has 1 heterocycles. The molecule has 0 spiro atoms. The van der Waals surface area contributed by atoms with E-state index in [1.807, 2.05) is 18.2 Å². The highest BCUT2D eigenvalue weighted by Crippen LogP contribution is 2.27. The van der Waals surface area contributed by atoms with Crippen LogP contribution in [0.25, 0.3) is 0 Å². The first-order valence-corrected chi connectivity index (χ1v) is 4.53. The predicted octanol–water partition coefficient (Wildman–Crippen LogP) is 1.89. The SMILES string of the molecule is CC1(c2ccccc2)CC(=O)CN1.Cl. The van der Waals surface area contributed by atoms with E-state index < -0.39 is 0 Å². The first-order valence-electron chi connectivity index (χ1n) is 4.53. The van der Waals surface area contributed by atoms with Gasteiger partial charge in [-0.25, -0.2) is 0 Å². The van der Waals surface area contributed by atoms with Gasteiger partial charge in [-0.2, -0.15) is 0 Å². The lowest BCUT2D eigenvalue weighted by atomic mass is 9.90. The van der Waals surface area contributed by atoms with Crippen molar-refractivity contribution in [1.82, 2.24) is 5.32 Å². The molecule has 2 nitrogen and oxygen atoms in total. The number of halogens is 1. The minimum absolute atomic E-state index is 0. The average Bonchev–Trinajstić information content (AvgIpc) is 2.49. The quantitative estimate of drug-likeness (QED) is 0.769. The molecule has 1 aliphatic heterocycles. The molecule has 1 aromatic carbocycles. The van der Waals surface area contributed by atoms with Crippen molar-refractivity contribution in [2.75, 3.05) is 6.54 Å². The second-order valence-corrected chi connectivity index (χ2v) is 3.77. The van der Waals surface area contributed by atoms with Crippen molar-refractivity contribution < 1.29 is 4.79 Å². The lowest BCUT2D eigenvalue weighted by Crippen LogP contribution is -2.32. The number of benzene rings is 1. The Morgan fingerprint density at radius 3 is 2.43 bits per heavy atom. The Morgan fingerprint density at radius 1 is 1.29 bits per heavy atom. The Balaban J connectivity index is 0.000000980. The summed E-state index contributed by atoms with van der Waals surface area (Å²) in [5, 5.41) is 3.25. The highest BCUT2D eigenvalue weighted by Gasteiger charge is 2.34. The molecule has 3 heteroatoms. The van der Waals surface area contributed by atoms with Crippen molar-refractivity contribution >= 4 is 18.2 Å². The maximum Gasteiger partial charge on any atom is 0.148 e. The summed E-state index contributed by atoms with van der Waals surface area (Å²) < 4.78 is 0. The van der Waals surface area contributed by atoms with Crippen LogP contribution in [0.1, 0.15) is 18.9 Å². The third-order valence-electron chi connectivity index (χ3n) is 2.64. The van der Waals surface area contributed by atoms with Crippen LogP contribution in [-0.4, -0.2) is 12.3 Å². The van der Waals surface area contributed by atoms with Crippen molar-refractivity contribution in [3.63, 3.8) is 0 Å². The molecule has 1 aromatic rings. The number of rotatable bonds is 1. The van der Waals surface area contributed by atoms with Gasteiger partial charge in [-0.3, -0.25) is 4.79 Å². The summed E-state index contributed by atoms with van der Waals surface area (Å²) in [4.78, 5) is 11.2. The lowest BCUT2D eigenvalue weighted by molar-refractivity contribution is -0.116. The number of carbonyl (C=O) groups excluding carboxylic acids is 1. The second-order valence-electron chi connectivity index (χ2n) is 3.77. The van der Waals surface area contributed by atoms with Gasteiger partial charge in [0.15, 0.2) is 0 Å². The number of hydrogen-bond acceptors (Lipinski definition) is 2. The summed E-state index contributed by atoms with van der Waals surface area (Å²) in [6.07, 6.45) is 0.608.